The van der Waals surface area contributed by atoms with Gasteiger partial charge in [0.25, 0.3) is 5.91 Å². The van der Waals surface area contributed by atoms with E-state index < -0.39 is 6.09 Å². The molecule has 1 atom stereocenters. The molecule has 0 radical (unpaired) electrons. The summed E-state index contributed by atoms with van der Waals surface area (Å²) >= 11 is 5.84. The highest BCUT2D eigenvalue weighted by Gasteiger charge is 2.20. The first kappa shape index (κ1) is 22.2. The van der Waals surface area contributed by atoms with Crippen molar-refractivity contribution in [2.45, 2.75) is 19.6 Å². The van der Waals surface area contributed by atoms with Crippen LogP contribution in [0.15, 0.2) is 54.7 Å². The van der Waals surface area contributed by atoms with Crippen LogP contribution in [0.2, 0.25) is 5.02 Å². The number of amides is 2. The molecule has 0 aliphatic rings. The van der Waals surface area contributed by atoms with Crippen molar-refractivity contribution in [1.29, 1.82) is 0 Å². The Morgan fingerprint density at radius 2 is 1.81 bits per heavy atom. The molecule has 0 fully saturated rings. The lowest BCUT2D eigenvalue weighted by Crippen LogP contribution is -2.28. The van der Waals surface area contributed by atoms with Crippen molar-refractivity contribution in [3.8, 4) is 5.75 Å². The molecule has 2 aromatic carbocycles. The van der Waals surface area contributed by atoms with E-state index in [2.05, 4.69) is 15.7 Å². The molecular formula is C22H23ClN4O4. The molecular weight excluding hydrogens is 420 g/mol. The first-order valence-corrected chi connectivity index (χ1v) is 9.90. The Kier molecular flexibility index (Phi) is 7.15. The molecule has 1 unspecified atom stereocenters. The number of carbonyl (C=O) groups excluding carboxylic acids is 2. The molecule has 0 saturated heterocycles. The molecule has 0 aliphatic carbocycles. The van der Waals surface area contributed by atoms with E-state index in [-0.39, 0.29) is 18.6 Å². The summed E-state index contributed by atoms with van der Waals surface area (Å²) in [5, 5.41) is 10.3. The number of benzene rings is 2. The molecule has 1 aromatic heterocycles. The standard InChI is InChI=1S/C22H23ClN4O4/c1-14(25-21(28)20-19(30-3)12-24-27(20)2)16-6-10-18(11-7-16)26-22(29)31-13-15-4-8-17(23)9-5-15/h4-12,14H,13H2,1-3H3,(H,25,28)(H,26,29). The summed E-state index contributed by atoms with van der Waals surface area (Å²) in [4.78, 5) is 24.6. The first-order valence-electron chi connectivity index (χ1n) is 9.52. The number of nitrogens with one attached hydrogen (secondary N) is 2. The minimum Gasteiger partial charge on any atom is -0.493 e. The maximum atomic E-state index is 12.6. The molecule has 162 valence electrons. The highest BCUT2D eigenvalue weighted by Crippen LogP contribution is 2.20. The number of halogens is 1. The zero-order chi connectivity index (χ0) is 22.4. The summed E-state index contributed by atoms with van der Waals surface area (Å²) in [7, 11) is 3.16. The normalized spacial score (nSPS) is 11.5. The summed E-state index contributed by atoms with van der Waals surface area (Å²) in [5.41, 5.74) is 2.63. The van der Waals surface area contributed by atoms with Crippen molar-refractivity contribution in [2.75, 3.05) is 12.4 Å². The van der Waals surface area contributed by atoms with Crippen molar-refractivity contribution in [1.82, 2.24) is 15.1 Å². The monoisotopic (exact) mass is 442 g/mol. The molecule has 2 amide bonds. The Bertz CT molecular complexity index is 1050. The smallest absolute Gasteiger partial charge is 0.411 e. The number of aryl methyl sites for hydroxylation is 1. The summed E-state index contributed by atoms with van der Waals surface area (Å²) < 4.78 is 11.8. The minimum absolute atomic E-state index is 0.141. The summed E-state index contributed by atoms with van der Waals surface area (Å²) in [6, 6.07) is 13.9. The van der Waals surface area contributed by atoms with Gasteiger partial charge in [-0.25, -0.2) is 4.79 Å². The lowest BCUT2D eigenvalue weighted by Gasteiger charge is -2.15. The number of nitrogens with zero attached hydrogens (tertiary/aromatic N) is 2. The van der Waals surface area contributed by atoms with Gasteiger partial charge in [0.05, 0.1) is 19.3 Å². The molecule has 0 bridgehead atoms. The van der Waals surface area contributed by atoms with Crippen molar-refractivity contribution < 1.29 is 19.1 Å². The summed E-state index contributed by atoms with van der Waals surface area (Å²) in [6.45, 7) is 2.01. The zero-order valence-electron chi connectivity index (χ0n) is 17.4. The fraction of sp³-hybridized carbons (Fsp3) is 0.227. The summed E-state index contributed by atoms with van der Waals surface area (Å²) in [5.74, 6) is 0.112. The molecule has 2 N–H and O–H groups in total. The quantitative estimate of drug-likeness (QED) is 0.568. The minimum atomic E-state index is -0.563. The predicted octanol–water partition coefficient (Wildman–Crippen LogP) is 4.32. The van der Waals surface area contributed by atoms with Gasteiger partial charge in [-0.05, 0) is 42.3 Å². The van der Waals surface area contributed by atoms with E-state index in [0.29, 0.717) is 22.2 Å². The highest BCUT2D eigenvalue weighted by molar-refractivity contribution is 6.30. The van der Waals surface area contributed by atoms with Gasteiger partial charge in [-0.15, -0.1) is 0 Å². The second-order valence-electron chi connectivity index (χ2n) is 6.83. The van der Waals surface area contributed by atoms with Crippen LogP contribution in [0.5, 0.6) is 5.75 Å². The van der Waals surface area contributed by atoms with Crippen molar-refractivity contribution in [3.63, 3.8) is 0 Å². The van der Waals surface area contributed by atoms with Crippen LogP contribution in [0, 0.1) is 0 Å². The van der Waals surface area contributed by atoms with E-state index in [1.165, 1.54) is 18.0 Å². The fourth-order valence-corrected chi connectivity index (χ4v) is 3.04. The van der Waals surface area contributed by atoms with E-state index in [1.807, 2.05) is 19.1 Å². The van der Waals surface area contributed by atoms with Gasteiger partial charge in [0.1, 0.15) is 6.61 Å². The van der Waals surface area contributed by atoms with Gasteiger partial charge in [-0.1, -0.05) is 35.9 Å². The van der Waals surface area contributed by atoms with Crippen molar-refractivity contribution >= 4 is 29.3 Å². The Hall–Kier alpha value is -3.52. The lowest BCUT2D eigenvalue weighted by molar-refractivity contribution is 0.0927. The third-order valence-electron chi connectivity index (χ3n) is 4.63. The Labute approximate surface area is 185 Å². The number of hydrogen-bond donors (Lipinski definition) is 2. The SMILES string of the molecule is COc1cnn(C)c1C(=O)NC(C)c1ccc(NC(=O)OCc2ccc(Cl)cc2)cc1. The first-order chi connectivity index (χ1) is 14.9. The van der Waals surface area contributed by atoms with Gasteiger partial charge >= 0.3 is 6.09 Å². The third-order valence-corrected chi connectivity index (χ3v) is 4.88. The number of carbonyl (C=O) groups is 2. The number of hydrogen-bond acceptors (Lipinski definition) is 5. The van der Waals surface area contributed by atoms with Gasteiger partial charge in [-0.2, -0.15) is 5.10 Å². The van der Waals surface area contributed by atoms with Crippen LogP contribution in [0.25, 0.3) is 0 Å². The summed E-state index contributed by atoms with van der Waals surface area (Å²) in [6.07, 6.45) is 0.929. The zero-order valence-corrected chi connectivity index (χ0v) is 18.1. The van der Waals surface area contributed by atoms with E-state index in [1.54, 1.807) is 43.4 Å². The molecule has 31 heavy (non-hydrogen) atoms. The van der Waals surface area contributed by atoms with Crippen LogP contribution in [-0.4, -0.2) is 28.9 Å². The average molecular weight is 443 g/mol. The highest BCUT2D eigenvalue weighted by atomic mass is 35.5. The molecule has 1 heterocycles. The van der Waals surface area contributed by atoms with Gasteiger partial charge < -0.3 is 14.8 Å². The number of ether oxygens (including phenoxy) is 2. The molecule has 3 rings (SSSR count). The number of aromatic nitrogens is 2. The fourth-order valence-electron chi connectivity index (χ4n) is 2.91. The molecule has 8 nitrogen and oxygen atoms in total. The molecule has 0 aliphatic heterocycles. The number of rotatable bonds is 7. The van der Waals surface area contributed by atoms with Crippen LogP contribution in [0.1, 0.15) is 34.6 Å². The van der Waals surface area contributed by atoms with E-state index >= 15 is 0 Å². The number of methoxy groups -OCH3 is 1. The Morgan fingerprint density at radius 1 is 1.13 bits per heavy atom. The van der Waals surface area contributed by atoms with Crippen LogP contribution in [-0.2, 0) is 18.4 Å². The number of anilines is 1. The van der Waals surface area contributed by atoms with E-state index in [4.69, 9.17) is 21.1 Å². The molecule has 9 heteroatoms. The molecule has 3 aromatic rings. The Morgan fingerprint density at radius 3 is 2.45 bits per heavy atom. The van der Waals surface area contributed by atoms with Crippen LogP contribution < -0.4 is 15.4 Å². The van der Waals surface area contributed by atoms with Gasteiger partial charge in [0.2, 0.25) is 0 Å². The van der Waals surface area contributed by atoms with Crippen LogP contribution in [0.3, 0.4) is 0 Å². The molecule has 0 spiro atoms. The second-order valence-corrected chi connectivity index (χ2v) is 7.27. The third kappa shape index (κ3) is 5.76. The average Bonchev–Trinajstić information content (AvgIpc) is 3.14. The predicted molar refractivity (Wildman–Crippen MR) is 117 cm³/mol. The van der Waals surface area contributed by atoms with Gasteiger partial charge in [0, 0.05) is 17.8 Å². The van der Waals surface area contributed by atoms with Crippen molar-refractivity contribution in [3.05, 3.63) is 76.6 Å². The van der Waals surface area contributed by atoms with Crippen LogP contribution in [0.4, 0.5) is 10.5 Å². The lowest BCUT2D eigenvalue weighted by atomic mass is 10.1. The topological polar surface area (TPSA) is 94.5 Å². The van der Waals surface area contributed by atoms with E-state index in [9.17, 15) is 9.59 Å². The largest absolute Gasteiger partial charge is 0.493 e. The van der Waals surface area contributed by atoms with Crippen LogP contribution >= 0.6 is 11.6 Å². The van der Waals surface area contributed by atoms with Crippen molar-refractivity contribution in [2.24, 2.45) is 7.05 Å². The van der Waals surface area contributed by atoms with E-state index in [0.717, 1.165) is 11.1 Å². The second kappa shape index (κ2) is 9.99. The Balaban J connectivity index is 1.54. The maximum absolute atomic E-state index is 12.6. The van der Waals surface area contributed by atoms with Gasteiger partial charge in [0.15, 0.2) is 11.4 Å². The maximum Gasteiger partial charge on any atom is 0.411 e. The molecule has 0 saturated carbocycles. The van der Waals surface area contributed by atoms with Gasteiger partial charge in [-0.3, -0.25) is 14.8 Å².